The van der Waals surface area contributed by atoms with Gasteiger partial charge in [-0.3, -0.25) is 0 Å². The molecule has 1 aromatic carbocycles. The molecule has 0 aromatic heterocycles. The highest BCUT2D eigenvalue weighted by molar-refractivity contribution is 8.00. The molecule has 1 heterocycles. The van der Waals surface area contributed by atoms with Gasteiger partial charge in [0.2, 0.25) is 0 Å². The molecule has 0 bridgehead atoms. The first kappa shape index (κ1) is 12.6. The second kappa shape index (κ2) is 4.90. The van der Waals surface area contributed by atoms with Crippen molar-refractivity contribution >= 4 is 11.8 Å². The van der Waals surface area contributed by atoms with Crippen LogP contribution in [0.4, 0.5) is 0 Å². The first-order valence-electron chi connectivity index (χ1n) is 7.11. The molecule has 3 rings (SSSR count). The highest BCUT2D eigenvalue weighted by Crippen LogP contribution is 2.46. The van der Waals surface area contributed by atoms with Crippen LogP contribution in [0.1, 0.15) is 62.2 Å². The molecule has 1 aliphatic heterocycles. The second-order valence-corrected chi connectivity index (χ2v) is 7.59. The van der Waals surface area contributed by atoms with Gasteiger partial charge in [-0.05, 0) is 55.4 Å². The Balaban J connectivity index is 1.75. The molecule has 0 amide bonds. The summed E-state index contributed by atoms with van der Waals surface area (Å²) in [6.07, 6.45) is 6.11. The summed E-state index contributed by atoms with van der Waals surface area (Å²) in [6.45, 7) is 2.20. The van der Waals surface area contributed by atoms with Crippen molar-refractivity contribution in [3.63, 3.8) is 0 Å². The van der Waals surface area contributed by atoms with Crippen LogP contribution < -0.4 is 0 Å². The van der Waals surface area contributed by atoms with Gasteiger partial charge in [0.05, 0.1) is 6.10 Å². The number of thioether (sulfide) groups is 1. The Morgan fingerprint density at radius 1 is 1.22 bits per heavy atom. The fraction of sp³-hybridized carbons (Fsp3) is 0.625. The van der Waals surface area contributed by atoms with E-state index in [2.05, 4.69) is 31.2 Å². The molecule has 0 spiro atoms. The van der Waals surface area contributed by atoms with Gasteiger partial charge in [-0.1, -0.05) is 30.7 Å². The molecule has 1 nitrogen and oxygen atoms in total. The van der Waals surface area contributed by atoms with Crippen LogP contribution in [0.2, 0.25) is 0 Å². The van der Waals surface area contributed by atoms with Crippen LogP contribution in [0.25, 0.3) is 0 Å². The summed E-state index contributed by atoms with van der Waals surface area (Å²) in [5, 5.41) is 10.6. The molecular formula is C16H22OS. The monoisotopic (exact) mass is 262 g/mol. The molecule has 98 valence electrons. The predicted octanol–water partition coefficient (Wildman–Crippen LogP) is 4.27. The largest absolute Gasteiger partial charge is 0.387 e. The maximum absolute atomic E-state index is 10.6. The standard InChI is InChI=1S/C16H22OS/c1-16(10-3-11-18-16)15(17)14-8-6-13(7-9-14)12-4-2-5-12/h6-9,12,15,17H,2-5,10-11H2,1H3. The summed E-state index contributed by atoms with van der Waals surface area (Å²) in [5.74, 6) is 1.97. The van der Waals surface area contributed by atoms with Crippen molar-refractivity contribution in [1.82, 2.24) is 0 Å². The van der Waals surface area contributed by atoms with Crippen molar-refractivity contribution in [2.45, 2.75) is 55.8 Å². The number of aliphatic hydroxyl groups is 1. The molecule has 2 aliphatic rings. The first-order valence-corrected chi connectivity index (χ1v) is 8.09. The molecule has 2 unspecified atom stereocenters. The number of benzene rings is 1. The van der Waals surface area contributed by atoms with Crippen LogP contribution in [0.5, 0.6) is 0 Å². The molecule has 0 radical (unpaired) electrons. The Kier molecular flexibility index (Phi) is 3.42. The Morgan fingerprint density at radius 3 is 2.44 bits per heavy atom. The second-order valence-electron chi connectivity index (χ2n) is 5.96. The van der Waals surface area contributed by atoms with E-state index in [4.69, 9.17) is 0 Å². The molecule has 2 fully saturated rings. The van der Waals surface area contributed by atoms with Crippen LogP contribution in [-0.4, -0.2) is 15.6 Å². The summed E-state index contributed by atoms with van der Waals surface area (Å²) >= 11 is 1.92. The molecule has 1 saturated carbocycles. The molecule has 2 heteroatoms. The molecule has 1 N–H and O–H groups in total. The van der Waals surface area contributed by atoms with E-state index < -0.39 is 0 Å². The maximum Gasteiger partial charge on any atom is 0.0933 e. The SMILES string of the molecule is CC1(C(O)c2ccc(C3CCC3)cc2)CCCS1. The zero-order chi connectivity index (χ0) is 12.6. The molecular weight excluding hydrogens is 240 g/mol. The van der Waals surface area contributed by atoms with Gasteiger partial charge in [0.15, 0.2) is 0 Å². The van der Waals surface area contributed by atoms with E-state index >= 15 is 0 Å². The lowest BCUT2D eigenvalue weighted by Crippen LogP contribution is -2.26. The van der Waals surface area contributed by atoms with Gasteiger partial charge < -0.3 is 5.11 Å². The quantitative estimate of drug-likeness (QED) is 0.877. The molecule has 1 aromatic rings. The van der Waals surface area contributed by atoms with E-state index in [0.29, 0.717) is 0 Å². The van der Waals surface area contributed by atoms with Gasteiger partial charge in [-0.2, -0.15) is 11.8 Å². The van der Waals surface area contributed by atoms with Crippen molar-refractivity contribution in [2.24, 2.45) is 0 Å². The lowest BCUT2D eigenvalue weighted by atomic mass is 9.79. The van der Waals surface area contributed by atoms with Gasteiger partial charge in [-0.15, -0.1) is 0 Å². The minimum Gasteiger partial charge on any atom is -0.387 e. The van der Waals surface area contributed by atoms with Crippen LogP contribution >= 0.6 is 11.8 Å². The highest BCUT2D eigenvalue weighted by atomic mass is 32.2. The van der Waals surface area contributed by atoms with Gasteiger partial charge in [-0.25, -0.2) is 0 Å². The van der Waals surface area contributed by atoms with E-state index in [1.807, 2.05) is 11.8 Å². The summed E-state index contributed by atoms with van der Waals surface area (Å²) in [7, 11) is 0. The first-order chi connectivity index (χ1) is 8.69. The zero-order valence-electron chi connectivity index (χ0n) is 11.1. The summed E-state index contributed by atoms with van der Waals surface area (Å²) in [5.41, 5.74) is 2.55. The summed E-state index contributed by atoms with van der Waals surface area (Å²) < 4.78 is 0.0258. The lowest BCUT2D eigenvalue weighted by molar-refractivity contribution is 0.135. The van der Waals surface area contributed by atoms with Gasteiger partial charge in [0, 0.05) is 4.75 Å². The Labute approximate surface area is 114 Å². The van der Waals surface area contributed by atoms with E-state index in [0.717, 1.165) is 17.9 Å². The van der Waals surface area contributed by atoms with Crippen molar-refractivity contribution in [3.8, 4) is 0 Å². The van der Waals surface area contributed by atoms with Crippen LogP contribution in [0.3, 0.4) is 0 Å². The van der Waals surface area contributed by atoms with Crippen molar-refractivity contribution in [2.75, 3.05) is 5.75 Å². The minimum atomic E-state index is -0.319. The van der Waals surface area contributed by atoms with E-state index in [-0.39, 0.29) is 10.9 Å². The summed E-state index contributed by atoms with van der Waals surface area (Å²) in [4.78, 5) is 0. The predicted molar refractivity (Wildman–Crippen MR) is 78.1 cm³/mol. The van der Waals surface area contributed by atoms with E-state index in [9.17, 15) is 5.11 Å². The third kappa shape index (κ3) is 2.21. The third-order valence-electron chi connectivity index (χ3n) is 4.66. The molecule has 18 heavy (non-hydrogen) atoms. The van der Waals surface area contributed by atoms with Crippen molar-refractivity contribution < 1.29 is 5.11 Å². The maximum atomic E-state index is 10.6. The fourth-order valence-corrected chi connectivity index (χ4v) is 4.40. The van der Waals surface area contributed by atoms with Gasteiger partial charge in [0.25, 0.3) is 0 Å². The molecule has 1 saturated heterocycles. The Bertz CT molecular complexity index is 402. The van der Waals surface area contributed by atoms with Crippen LogP contribution in [0.15, 0.2) is 24.3 Å². The topological polar surface area (TPSA) is 20.2 Å². The lowest BCUT2D eigenvalue weighted by Gasteiger charge is -2.30. The Hall–Kier alpha value is -0.470. The zero-order valence-corrected chi connectivity index (χ0v) is 11.9. The van der Waals surface area contributed by atoms with Crippen LogP contribution in [0, 0.1) is 0 Å². The fourth-order valence-electron chi connectivity index (χ4n) is 3.06. The normalized spacial score (nSPS) is 30.1. The van der Waals surface area contributed by atoms with E-state index in [1.54, 1.807) is 0 Å². The van der Waals surface area contributed by atoms with E-state index in [1.165, 1.54) is 37.0 Å². The van der Waals surface area contributed by atoms with Crippen molar-refractivity contribution in [3.05, 3.63) is 35.4 Å². The van der Waals surface area contributed by atoms with Crippen molar-refractivity contribution in [1.29, 1.82) is 0 Å². The smallest absolute Gasteiger partial charge is 0.0933 e. The number of aliphatic hydroxyl groups excluding tert-OH is 1. The molecule has 1 aliphatic carbocycles. The number of hydrogen-bond acceptors (Lipinski definition) is 2. The van der Waals surface area contributed by atoms with Crippen LogP contribution in [-0.2, 0) is 0 Å². The number of hydrogen-bond donors (Lipinski definition) is 1. The highest BCUT2D eigenvalue weighted by Gasteiger charge is 2.37. The van der Waals surface area contributed by atoms with Gasteiger partial charge >= 0.3 is 0 Å². The average Bonchev–Trinajstić information content (AvgIpc) is 2.75. The third-order valence-corrected chi connectivity index (χ3v) is 6.24. The summed E-state index contributed by atoms with van der Waals surface area (Å²) in [6, 6.07) is 8.74. The minimum absolute atomic E-state index is 0.0258. The Morgan fingerprint density at radius 2 is 1.94 bits per heavy atom. The molecule has 2 atom stereocenters. The number of rotatable bonds is 3. The van der Waals surface area contributed by atoms with Gasteiger partial charge in [0.1, 0.15) is 0 Å². The average molecular weight is 262 g/mol.